The van der Waals surface area contributed by atoms with Crippen molar-refractivity contribution in [2.75, 3.05) is 19.0 Å². The minimum absolute atomic E-state index is 0.0193. The van der Waals surface area contributed by atoms with Crippen molar-refractivity contribution in [3.63, 3.8) is 0 Å². The van der Waals surface area contributed by atoms with Crippen LogP contribution in [0.4, 0.5) is 10.1 Å². The first-order valence-electron chi connectivity index (χ1n) is 7.53. The fourth-order valence-corrected chi connectivity index (χ4v) is 2.20. The van der Waals surface area contributed by atoms with Crippen molar-refractivity contribution >= 4 is 11.9 Å². The summed E-state index contributed by atoms with van der Waals surface area (Å²) in [6.45, 7) is 3.88. The quantitative estimate of drug-likeness (QED) is 0.797. The third-order valence-electron chi connectivity index (χ3n) is 3.34. The molecule has 0 atom stereocenters. The van der Waals surface area contributed by atoms with Crippen molar-refractivity contribution in [1.29, 1.82) is 0 Å². The van der Waals surface area contributed by atoms with Crippen LogP contribution in [-0.4, -0.2) is 29.5 Å². The summed E-state index contributed by atoms with van der Waals surface area (Å²) in [5, 5.41) is 0. The van der Waals surface area contributed by atoms with Crippen LogP contribution >= 0.6 is 0 Å². The van der Waals surface area contributed by atoms with Gasteiger partial charge in [-0.15, -0.1) is 0 Å². The highest BCUT2D eigenvalue weighted by molar-refractivity contribution is 5.88. The molecule has 122 valence electrons. The molecule has 0 aromatic carbocycles. The topological polar surface area (TPSA) is 73.4 Å². The predicted octanol–water partition coefficient (Wildman–Crippen LogP) is 2.90. The van der Waals surface area contributed by atoms with E-state index in [1.165, 1.54) is 0 Å². The van der Waals surface area contributed by atoms with Crippen LogP contribution in [0.15, 0.2) is 29.5 Å². The number of aliphatic imine (C=N–C) groups is 1. The number of pyridine rings is 2. The van der Waals surface area contributed by atoms with Gasteiger partial charge in [0.05, 0.1) is 12.2 Å². The second kappa shape index (κ2) is 8.22. The van der Waals surface area contributed by atoms with E-state index < -0.39 is 6.67 Å². The van der Waals surface area contributed by atoms with Crippen LogP contribution in [0.5, 0.6) is 5.88 Å². The smallest absolute Gasteiger partial charge is 0.216 e. The molecule has 5 nitrogen and oxygen atoms in total. The SMILES string of the molecule is CCc1nccc(N)c1C=NCc1cnc(OCCF)c(C)c1. The Kier molecular flexibility index (Phi) is 6.02. The number of hydrogen-bond donors (Lipinski definition) is 1. The lowest BCUT2D eigenvalue weighted by atomic mass is 10.1. The van der Waals surface area contributed by atoms with E-state index in [1.54, 1.807) is 24.7 Å². The van der Waals surface area contributed by atoms with Gasteiger partial charge in [0.25, 0.3) is 0 Å². The zero-order valence-electron chi connectivity index (χ0n) is 13.4. The largest absolute Gasteiger partial charge is 0.475 e. The van der Waals surface area contributed by atoms with E-state index in [9.17, 15) is 4.39 Å². The number of aryl methyl sites for hydroxylation is 2. The summed E-state index contributed by atoms with van der Waals surface area (Å²) in [6.07, 6.45) is 5.94. The Morgan fingerprint density at radius 2 is 2.22 bits per heavy atom. The first-order chi connectivity index (χ1) is 11.2. The number of ether oxygens (including phenoxy) is 1. The Morgan fingerprint density at radius 1 is 1.39 bits per heavy atom. The van der Waals surface area contributed by atoms with Crippen molar-refractivity contribution < 1.29 is 9.13 Å². The van der Waals surface area contributed by atoms with E-state index in [2.05, 4.69) is 15.0 Å². The summed E-state index contributed by atoms with van der Waals surface area (Å²) in [5.41, 5.74) is 10.3. The van der Waals surface area contributed by atoms with Crippen molar-refractivity contribution in [3.8, 4) is 5.88 Å². The first kappa shape index (κ1) is 16.9. The van der Waals surface area contributed by atoms with E-state index in [-0.39, 0.29) is 6.61 Å². The number of hydrogen-bond acceptors (Lipinski definition) is 5. The Balaban J connectivity index is 2.08. The molecule has 23 heavy (non-hydrogen) atoms. The summed E-state index contributed by atoms with van der Waals surface area (Å²) < 4.78 is 17.3. The number of aromatic nitrogens is 2. The van der Waals surface area contributed by atoms with Gasteiger partial charge in [-0.25, -0.2) is 9.37 Å². The second-order valence-corrected chi connectivity index (χ2v) is 5.09. The van der Waals surface area contributed by atoms with Gasteiger partial charge in [-0.2, -0.15) is 0 Å². The van der Waals surface area contributed by atoms with Gasteiger partial charge in [-0.3, -0.25) is 9.98 Å². The molecule has 0 aliphatic carbocycles. The molecule has 6 heteroatoms. The standard InChI is InChI=1S/C17H21FN4O/c1-3-16-14(15(19)4-6-21-16)11-20-9-13-8-12(2)17(22-10-13)23-7-5-18/h4,6,8,10-11H,3,5,7,9H2,1-2H3,(H2,19,21). The molecule has 0 saturated carbocycles. The van der Waals surface area contributed by atoms with Crippen molar-refractivity contribution in [2.45, 2.75) is 26.8 Å². The third kappa shape index (κ3) is 4.48. The molecular formula is C17H21FN4O. The predicted molar refractivity (Wildman–Crippen MR) is 89.8 cm³/mol. The number of nitrogens with two attached hydrogens (primary N) is 1. The summed E-state index contributed by atoms with van der Waals surface area (Å²) in [5.74, 6) is 0.458. The lowest BCUT2D eigenvalue weighted by molar-refractivity contribution is 0.263. The molecule has 0 unspecified atom stereocenters. The maximum Gasteiger partial charge on any atom is 0.216 e. The Labute approximate surface area is 135 Å². The molecule has 0 saturated heterocycles. The molecule has 0 aliphatic rings. The fourth-order valence-electron chi connectivity index (χ4n) is 2.20. The zero-order chi connectivity index (χ0) is 16.7. The highest BCUT2D eigenvalue weighted by atomic mass is 19.1. The van der Waals surface area contributed by atoms with Crippen molar-refractivity contribution in [3.05, 3.63) is 46.9 Å². The van der Waals surface area contributed by atoms with Gasteiger partial charge in [0.2, 0.25) is 5.88 Å². The van der Waals surface area contributed by atoms with Crippen LogP contribution in [0.3, 0.4) is 0 Å². The lowest BCUT2D eigenvalue weighted by Crippen LogP contribution is -2.03. The van der Waals surface area contributed by atoms with Crippen molar-refractivity contribution in [1.82, 2.24) is 9.97 Å². The molecular weight excluding hydrogens is 295 g/mol. The van der Waals surface area contributed by atoms with Gasteiger partial charge in [-0.1, -0.05) is 6.92 Å². The number of nitrogen functional groups attached to an aromatic ring is 1. The minimum atomic E-state index is -0.528. The van der Waals surface area contributed by atoms with E-state index in [0.29, 0.717) is 18.1 Å². The lowest BCUT2D eigenvalue weighted by Gasteiger charge is -2.07. The summed E-state index contributed by atoms with van der Waals surface area (Å²) in [6, 6.07) is 3.70. The van der Waals surface area contributed by atoms with E-state index in [4.69, 9.17) is 10.5 Å². The monoisotopic (exact) mass is 316 g/mol. The van der Waals surface area contributed by atoms with E-state index in [1.807, 2.05) is 19.9 Å². The normalized spacial score (nSPS) is 11.1. The molecule has 2 rings (SSSR count). The third-order valence-corrected chi connectivity index (χ3v) is 3.34. The molecule has 0 fully saturated rings. The van der Waals surface area contributed by atoms with Crippen LogP contribution in [0, 0.1) is 6.92 Å². The van der Waals surface area contributed by atoms with Crippen molar-refractivity contribution in [2.24, 2.45) is 4.99 Å². The summed E-state index contributed by atoms with van der Waals surface area (Å²) in [7, 11) is 0. The summed E-state index contributed by atoms with van der Waals surface area (Å²) >= 11 is 0. The Hall–Kier alpha value is -2.50. The molecule has 2 N–H and O–H groups in total. The van der Waals surface area contributed by atoms with Crippen LogP contribution in [-0.2, 0) is 13.0 Å². The molecule has 2 heterocycles. The number of rotatable bonds is 7. The zero-order valence-corrected chi connectivity index (χ0v) is 13.4. The average molecular weight is 316 g/mol. The van der Waals surface area contributed by atoms with E-state index in [0.717, 1.165) is 28.8 Å². The maximum atomic E-state index is 12.1. The van der Waals surface area contributed by atoms with Gasteiger partial charge in [0, 0.05) is 35.4 Å². The van der Waals surface area contributed by atoms with Crippen LogP contribution in [0.2, 0.25) is 0 Å². The average Bonchev–Trinajstić information content (AvgIpc) is 2.55. The van der Waals surface area contributed by atoms with Gasteiger partial charge < -0.3 is 10.5 Å². The fraction of sp³-hybridized carbons (Fsp3) is 0.353. The van der Waals surface area contributed by atoms with Crippen LogP contribution in [0.25, 0.3) is 0 Å². The molecule has 0 aliphatic heterocycles. The minimum Gasteiger partial charge on any atom is -0.475 e. The van der Waals surface area contributed by atoms with Gasteiger partial charge in [-0.05, 0) is 31.0 Å². The number of nitrogens with zero attached hydrogens (tertiary/aromatic N) is 3. The van der Waals surface area contributed by atoms with Crippen LogP contribution < -0.4 is 10.5 Å². The molecule has 0 bridgehead atoms. The summed E-state index contributed by atoms with van der Waals surface area (Å²) in [4.78, 5) is 12.9. The van der Waals surface area contributed by atoms with Gasteiger partial charge >= 0.3 is 0 Å². The molecule has 0 spiro atoms. The number of alkyl halides is 1. The second-order valence-electron chi connectivity index (χ2n) is 5.09. The van der Waals surface area contributed by atoms with E-state index >= 15 is 0 Å². The van der Waals surface area contributed by atoms with Gasteiger partial charge in [0.15, 0.2) is 0 Å². The Bertz CT molecular complexity index is 688. The Morgan fingerprint density at radius 3 is 2.91 bits per heavy atom. The molecule has 0 amide bonds. The highest BCUT2D eigenvalue weighted by Gasteiger charge is 2.05. The van der Waals surface area contributed by atoms with Gasteiger partial charge in [0.1, 0.15) is 13.3 Å². The first-order valence-corrected chi connectivity index (χ1v) is 7.53. The number of halogens is 1. The van der Waals surface area contributed by atoms with Crippen LogP contribution in [0.1, 0.15) is 29.3 Å². The molecule has 0 radical (unpaired) electrons. The molecule has 2 aromatic rings. The maximum absolute atomic E-state index is 12.1. The molecule has 2 aromatic heterocycles. The highest BCUT2D eigenvalue weighted by Crippen LogP contribution is 2.17. The number of anilines is 1.